The van der Waals surface area contributed by atoms with Gasteiger partial charge in [0.1, 0.15) is 16.6 Å². The Balaban J connectivity index is 1.33. The standard InChI is InChI=1S/C25H27N9OS2/c1-5-18-21(31(4)23-29-20(19(11-26)36-23)15-8-6-14(2)7-9-15)34-24(28-18)37-25(30-34)33-13-16-10-17(33)12-32(16)22(35)27-3/h6-9,16-17H,5,10,12-13H2,1-4H3,(H,27,35). The molecule has 190 valence electrons. The highest BCUT2D eigenvalue weighted by Crippen LogP contribution is 2.40. The minimum atomic E-state index is -0.0113. The minimum Gasteiger partial charge on any atom is -0.341 e. The quantitative estimate of drug-likeness (QED) is 0.413. The molecule has 5 heterocycles. The van der Waals surface area contributed by atoms with Gasteiger partial charge in [-0.05, 0) is 19.8 Å². The predicted molar refractivity (Wildman–Crippen MR) is 146 cm³/mol. The highest BCUT2D eigenvalue weighted by Gasteiger charge is 2.46. The minimum absolute atomic E-state index is 0.0113. The van der Waals surface area contributed by atoms with Gasteiger partial charge in [0.05, 0.1) is 17.8 Å². The van der Waals surface area contributed by atoms with Gasteiger partial charge in [-0.3, -0.25) is 0 Å². The molecular formula is C25H27N9OS2. The summed E-state index contributed by atoms with van der Waals surface area (Å²) < 4.78 is 1.90. The summed E-state index contributed by atoms with van der Waals surface area (Å²) in [4.78, 5) is 29.6. The summed E-state index contributed by atoms with van der Waals surface area (Å²) in [7, 11) is 3.64. The molecule has 1 N–H and O–H groups in total. The normalized spacial score (nSPS) is 18.6. The number of carbonyl (C=O) groups excluding carboxylic acids is 1. The monoisotopic (exact) mass is 533 g/mol. The van der Waals surface area contributed by atoms with Crippen LogP contribution in [0, 0.1) is 18.3 Å². The van der Waals surface area contributed by atoms with Crippen molar-refractivity contribution in [3.8, 4) is 17.3 Å². The third kappa shape index (κ3) is 3.81. The molecule has 0 saturated carbocycles. The molecule has 10 nitrogen and oxygen atoms in total. The second kappa shape index (κ2) is 9.00. The van der Waals surface area contributed by atoms with Gasteiger partial charge in [0.15, 0.2) is 10.9 Å². The SMILES string of the molecule is CCc1nc2sc(N3CC4CC3CN4C(=O)NC)nn2c1N(C)c1nc(-c2ccc(C)cc2)c(C#N)s1. The molecule has 2 bridgehead atoms. The zero-order chi connectivity index (χ0) is 25.8. The Bertz CT molecular complexity index is 1530. The third-order valence-corrected chi connectivity index (χ3v) is 9.16. The van der Waals surface area contributed by atoms with Crippen LogP contribution >= 0.6 is 22.7 Å². The molecule has 6 rings (SSSR count). The molecule has 2 saturated heterocycles. The molecule has 0 radical (unpaired) electrons. The van der Waals surface area contributed by atoms with E-state index >= 15 is 0 Å². The Kier molecular flexibility index (Phi) is 5.77. The first-order valence-electron chi connectivity index (χ1n) is 12.3. The van der Waals surface area contributed by atoms with Crippen molar-refractivity contribution in [2.24, 2.45) is 0 Å². The summed E-state index contributed by atoms with van der Waals surface area (Å²) in [5.41, 5.74) is 3.72. The lowest BCUT2D eigenvalue weighted by molar-refractivity contribution is 0.191. The van der Waals surface area contributed by atoms with Crippen molar-refractivity contribution < 1.29 is 4.79 Å². The Hall–Kier alpha value is -3.69. The molecular weight excluding hydrogens is 506 g/mol. The number of urea groups is 1. The maximum absolute atomic E-state index is 12.2. The van der Waals surface area contributed by atoms with Crippen LogP contribution in [-0.2, 0) is 6.42 Å². The number of nitrogens with zero attached hydrogens (tertiary/aromatic N) is 8. The van der Waals surface area contributed by atoms with Gasteiger partial charge in [-0.25, -0.2) is 14.8 Å². The number of imidazole rings is 1. The van der Waals surface area contributed by atoms with Crippen LogP contribution in [0.5, 0.6) is 0 Å². The lowest BCUT2D eigenvalue weighted by Crippen LogP contribution is -2.51. The number of aromatic nitrogens is 4. The van der Waals surface area contributed by atoms with Crippen molar-refractivity contribution in [2.45, 2.75) is 38.8 Å². The van der Waals surface area contributed by atoms with Gasteiger partial charge in [-0.2, -0.15) is 9.78 Å². The fourth-order valence-electron chi connectivity index (χ4n) is 5.28. The van der Waals surface area contributed by atoms with E-state index in [1.165, 1.54) is 11.3 Å². The van der Waals surface area contributed by atoms with Gasteiger partial charge >= 0.3 is 6.03 Å². The molecule has 0 aliphatic carbocycles. The van der Waals surface area contributed by atoms with Crippen LogP contribution in [0.15, 0.2) is 24.3 Å². The average Bonchev–Trinajstić information content (AvgIpc) is 3.72. The van der Waals surface area contributed by atoms with Crippen LogP contribution in [0.3, 0.4) is 0 Å². The van der Waals surface area contributed by atoms with Crippen LogP contribution < -0.4 is 15.1 Å². The second-order valence-corrected chi connectivity index (χ2v) is 11.3. The number of hydrogen-bond acceptors (Lipinski definition) is 9. The first-order chi connectivity index (χ1) is 17.9. The maximum Gasteiger partial charge on any atom is 0.317 e. The van der Waals surface area contributed by atoms with Gasteiger partial charge in [0.2, 0.25) is 10.1 Å². The van der Waals surface area contributed by atoms with Crippen molar-refractivity contribution >= 4 is 49.7 Å². The second-order valence-electron chi connectivity index (χ2n) is 9.43. The van der Waals surface area contributed by atoms with Gasteiger partial charge in [-0.1, -0.05) is 59.4 Å². The van der Waals surface area contributed by atoms with Crippen LogP contribution in [0.1, 0.15) is 29.5 Å². The zero-order valence-electron chi connectivity index (χ0n) is 21.1. The first kappa shape index (κ1) is 23.7. The lowest BCUT2D eigenvalue weighted by atomic mass is 10.1. The number of piperazine rings is 1. The number of carbonyl (C=O) groups is 1. The molecule has 37 heavy (non-hydrogen) atoms. The first-order valence-corrected chi connectivity index (χ1v) is 13.9. The average molecular weight is 534 g/mol. The van der Waals surface area contributed by atoms with Crippen LogP contribution in [0.2, 0.25) is 0 Å². The van der Waals surface area contributed by atoms with Crippen molar-refractivity contribution in [2.75, 3.05) is 37.0 Å². The molecule has 2 aliphatic rings. The molecule has 3 aromatic heterocycles. The number of benzene rings is 1. The molecule has 2 amide bonds. The number of nitrogens with one attached hydrogen (secondary N) is 1. The Morgan fingerprint density at radius 1 is 1.22 bits per heavy atom. The van der Waals surface area contributed by atoms with Crippen LogP contribution in [-0.4, -0.2) is 69.8 Å². The van der Waals surface area contributed by atoms with Crippen molar-refractivity contribution in [3.05, 3.63) is 40.4 Å². The summed E-state index contributed by atoms with van der Waals surface area (Å²) in [5, 5.41) is 19.2. The Labute approximate surface area is 222 Å². The summed E-state index contributed by atoms with van der Waals surface area (Å²) in [5.74, 6) is 0.866. The molecule has 1 aromatic carbocycles. The van der Waals surface area contributed by atoms with E-state index in [0.717, 1.165) is 57.2 Å². The summed E-state index contributed by atoms with van der Waals surface area (Å²) in [6.45, 7) is 5.60. The van der Waals surface area contributed by atoms with E-state index < -0.39 is 0 Å². The molecule has 2 fully saturated rings. The van der Waals surface area contributed by atoms with E-state index in [1.54, 1.807) is 18.4 Å². The highest BCUT2D eigenvalue weighted by molar-refractivity contribution is 7.20. The number of nitriles is 1. The maximum atomic E-state index is 12.2. The summed E-state index contributed by atoms with van der Waals surface area (Å²) in [6, 6.07) is 10.9. The number of fused-ring (bicyclic) bond motifs is 3. The summed E-state index contributed by atoms with van der Waals surface area (Å²) in [6.07, 6.45) is 1.71. The number of aryl methyl sites for hydroxylation is 2. The molecule has 4 aromatic rings. The predicted octanol–water partition coefficient (Wildman–Crippen LogP) is 4.03. The zero-order valence-corrected chi connectivity index (χ0v) is 22.7. The van der Waals surface area contributed by atoms with Gasteiger partial charge < -0.3 is 20.0 Å². The van der Waals surface area contributed by atoms with Gasteiger partial charge in [0.25, 0.3) is 0 Å². The Morgan fingerprint density at radius 2 is 2.00 bits per heavy atom. The highest BCUT2D eigenvalue weighted by atomic mass is 32.1. The van der Waals surface area contributed by atoms with E-state index in [9.17, 15) is 10.1 Å². The lowest BCUT2D eigenvalue weighted by Gasteiger charge is -2.33. The summed E-state index contributed by atoms with van der Waals surface area (Å²) >= 11 is 2.95. The molecule has 2 unspecified atom stereocenters. The number of amides is 2. The molecule has 2 atom stereocenters. The van der Waals surface area contributed by atoms with Crippen LogP contribution in [0.4, 0.5) is 20.9 Å². The molecule has 2 aliphatic heterocycles. The topological polar surface area (TPSA) is 106 Å². The number of rotatable bonds is 5. The van der Waals surface area contributed by atoms with E-state index in [4.69, 9.17) is 15.1 Å². The number of anilines is 3. The van der Waals surface area contributed by atoms with E-state index in [1.807, 2.05) is 52.6 Å². The largest absolute Gasteiger partial charge is 0.341 e. The molecule has 0 spiro atoms. The van der Waals surface area contributed by atoms with E-state index in [0.29, 0.717) is 17.1 Å². The van der Waals surface area contributed by atoms with Crippen molar-refractivity contribution in [1.29, 1.82) is 5.26 Å². The van der Waals surface area contributed by atoms with E-state index in [2.05, 4.69) is 23.2 Å². The van der Waals surface area contributed by atoms with Crippen LogP contribution in [0.25, 0.3) is 16.2 Å². The number of hydrogen-bond donors (Lipinski definition) is 1. The number of likely N-dealkylation sites (tertiary alicyclic amines) is 1. The van der Waals surface area contributed by atoms with Gasteiger partial charge in [0, 0.05) is 32.7 Å². The third-order valence-electron chi connectivity index (χ3n) is 7.18. The Morgan fingerprint density at radius 3 is 2.65 bits per heavy atom. The van der Waals surface area contributed by atoms with Crippen molar-refractivity contribution in [3.63, 3.8) is 0 Å². The fraction of sp³-hybridized carbons (Fsp3) is 0.400. The number of thiazole rings is 1. The van der Waals surface area contributed by atoms with Crippen molar-refractivity contribution in [1.82, 2.24) is 29.8 Å². The van der Waals surface area contributed by atoms with E-state index in [-0.39, 0.29) is 18.1 Å². The smallest absolute Gasteiger partial charge is 0.317 e. The van der Waals surface area contributed by atoms with Gasteiger partial charge in [-0.15, -0.1) is 5.10 Å². The fourth-order valence-corrected chi connectivity index (χ4v) is 7.12. The molecule has 12 heteroatoms.